The first-order valence-electron chi connectivity index (χ1n) is 9.16. The molecular weight excluding hydrogens is 310 g/mol. The molecule has 0 radical (unpaired) electrons. The van der Waals surface area contributed by atoms with Gasteiger partial charge in [-0.15, -0.1) is 0 Å². The summed E-state index contributed by atoms with van der Waals surface area (Å²) < 4.78 is 0. The van der Waals surface area contributed by atoms with E-state index in [0.29, 0.717) is 5.41 Å². The van der Waals surface area contributed by atoms with Gasteiger partial charge in [-0.25, -0.2) is 0 Å². The fourth-order valence-electron chi connectivity index (χ4n) is 4.01. The van der Waals surface area contributed by atoms with Gasteiger partial charge in [-0.1, -0.05) is 24.3 Å². The Bertz CT molecular complexity index is 728. The second kappa shape index (κ2) is 6.89. The van der Waals surface area contributed by atoms with Crippen molar-refractivity contribution < 1.29 is 4.79 Å². The van der Waals surface area contributed by atoms with E-state index in [4.69, 9.17) is 0 Å². The second-order valence-corrected chi connectivity index (χ2v) is 7.29. The Balaban J connectivity index is 1.43. The van der Waals surface area contributed by atoms with Gasteiger partial charge in [-0.3, -0.25) is 4.79 Å². The Hall–Kier alpha value is -2.33. The number of benzene rings is 2. The lowest BCUT2D eigenvalue weighted by Gasteiger charge is -2.39. The number of carbonyl (C=O) groups is 1. The average molecular weight is 335 g/mol. The number of para-hydroxylation sites is 1. The van der Waals surface area contributed by atoms with Gasteiger partial charge in [0.2, 0.25) is 0 Å². The van der Waals surface area contributed by atoms with Crippen molar-refractivity contribution in [2.24, 2.45) is 5.41 Å². The van der Waals surface area contributed by atoms with Crippen molar-refractivity contribution in [3.05, 3.63) is 60.2 Å². The molecule has 2 aliphatic heterocycles. The zero-order valence-corrected chi connectivity index (χ0v) is 14.5. The lowest BCUT2D eigenvalue weighted by molar-refractivity contribution is 0.0608. The molecule has 2 heterocycles. The average Bonchev–Trinajstić information content (AvgIpc) is 3.11. The SMILES string of the molecule is O=C(c1cccc(Nc2ccccc2)c1)N1CCC2(CCNC2)CC1. The molecule has 1 spiro atoms. The van der Waals surface area contributed by atoms with Gasteiger partial charge < -0.3 is 15.5 Å². The summed E-state index contributed by atoms with van der Waals surface area (Å²) in [5, 5.41) is 6.84. The van der Waals surface area contributed by atoms with Crippen molar-refractivity contribution in [3.63, 3.8) is 0 Å². The largest absolute Gasteiger partial charge is 0.356 e. The van der Waals surface area contributed by atoms with Crippen LogP contribution in [0.15, 0.2) is 54.6 Å². The number of nitrogens with zero attached hydrogens (tertiary/aromatic N) is 1. The zero-order valence-electron chi connectivity index (χ0n) is 14.5. The van der Waals surface area contributed by atoms with Crippen molar-refractivity contribution in [2.75, 3.05) is 31.5 Å². The molecule has 2 N–H and O–H groups in total. The van der Waals surface area contributed by atoms with Crippen LogP contribution in [0.25, 0.3) is 0 Å². The van der Waals surface area contributed by atoms with E-state index >= 15 is 0 Å². The molecule has 0 aromatic heterocycles. The number of amides is 1. The number of rotatable bonds is 3. The highest BCUT2D eigenvalue weighted by Gasteiger charge is 2.38. The van der Waals surface area contributed by atoms with Gasteiger partial charge in [0.25, 0.3) is 5.91 Å². The number of carbonyl (C=O) groups excluding carboxylic acids is 1. The van der Waals surface area contributed by atoms with Crippen LogP contribution in [-0.4, -0.2) is 37.0 Å². The summed E-state index contributed by atoms with van der Waals surface area (Å²) in [6.07, 6.45) is 3.49. The fraction of sp³-hybridized carbons (Fsp3) is 0.381. The highest BCUT2D eigenvalue weighted by Crippen LogP contribution is 2.37. The van der Waals surface area contributed by atoms with E-state index < -0.39 is 0 Å². The topological polar surface area (TPSA) is 44.4 Å². The van der Waals surface area contributed by atoms with E-state index in [0.717, 1.165) is 56.0 Å². The van der Waals surface area contributed by atoms with Crippen molar-refractivity contribution in [1.29, 1.82) is 0 Å². The minimum absolute atomic E-state index is 0.150. The third-order valence-corrected chi connectivity index (χ3v) is 5.62. The molecule has 0 bridgehead atoms. The minimum atomic E-state index is 0.150. The Morgan fingerprint density at radius 2 is 1.72 bits per heavy atom. The van der Waals surface area contributed by atoms with Gasteiger partial charge in [-0.05, 0) is 61.6 Å². The molecule has 4 heteroatoms. The molecule has 2 aliphatic rings. The third kappa shape index (κ3) is 3.54. The molecule has 2 saturated heterocycles. The second-order valence-electron chi connectivity index (χ2n) is 7.29. The van der Waals surface area contributed by atoms with Crippen LogP contribution in [0.4, 0.5) is 11.4 Å². The Morgan fingerprint density at radius 1 is 0.960 bits per heavy atom. The van der Waals surface area contributed by atoms with Crippen LogP contribution in [0.2, 0.25) is 0 Å². The molecule has 2 aromatic carbocycles. The first kappa shape index (κ1) is 16.2. The maximum Gasteiger partial charge on any atom is 0.253 e. The lowest BCUT2D eigenvalue weighted by atomic mass is 9.78. The van der Waals surface area contributed by atoms with E-state index in [9.17, 15) is 4.79 Å². The summed E-state index contributed by atoms with van der Waals surface area (Å²) >= 11 is 0. The molecule has 1 amide bonds. The van der Waals surface area contributed by atoms with Crippen LogP contribution in [0.3, 0.4) is 0 Å². The number of hydrogen-bond donors (Lipinski definition) is 2. The summed E-state index contributed by atoms with van der Waals surface area (Å²) in [6, 6.07) is 17.9. The maximum atomic E-state index is 12.9. The van der Waals surface area contributed by atoms with E-state index in [1.807, 2.05) is 59.5 Å². The van der Waals surface area contributed by atoms with Gasteiger partial charge >= 0.3 is 0 Å². The van der Waals surface area contributed by atoms with E-state index in [-0.39, 0.29) is 5.91 Å². The molecular formula is C21H25N3O. The molecule has 4 rings (SSSR count). The van der Waals surface area contributed by atoms with E-state index in [2.05, 4.69) is 10.6 Å². The summed E-state index contributed by atoms with van der Waals surface area (Å²) in [5.41, 5.74) is 3.18. The normalized spacial score (nSPS) is 19.1. The fourth-order valence-corrected chi connectivity index (χ4v) is 4.01. The molecule has 0 unspecified atom stereocenters. The van der Waals surface area contributed by atoms with Crippen LogP contribution in [-0.2, 0) is 0 Å². The first-order chi connectivity index (χ1) is 12.2. The number of nitrogens with one attached hydrogen (secondary N) is 2. The third-order valence-electron chi connectivity index (χ3n) is 5.62. The van der Waals surface area contributed by atoms with Crippen LogP contribution in [0.5, 0.6) is 0 Å². The molecule has 0 saturated carbocycles. The van der Waals surface area contributed by atoms with Crippen LogP contribution in [0, 0.1) is 5.41 Å². The molecule has 2 aromatic rings. The maximum absolute atomic E-state index is 12.9. The Labute approximate surface area is 149 Å². The van der Waals surface area contributed by atoms with Crippen molar-refractivity contribution in [3.8, 4) is 0 Å². The summed E-state index contributed by atoms with van der Waals surface area (Å²) in [5.74, 6) is 0.150. The van der Waals surface area contributed by atoms with Gasteiger partial charge in [0.1, 0.15) is 0 Å². The van der Waals surface area contributed by atoms with E-state index in [1.54, 1.807) is 0 Å². The lowest BCUT2D eigenvalue weighted by Crippen LogP contribution is -2.44. The van der Waals surface area contributed by atoms with Gasteiger partial charge in [0.05, 0.1) is 0 Å². The Kier molecular flexibility index (Phi) is 4.45. The Morgan fingerprint density at radius 3 is 2.44 bits per heavy atom. The summed E-state index contributed by atoms with van der Waals surface area (Å²) in [7, 11) is 0. The molecule has 2 fully saturated rings. The standard InChI is InChI=1S/C21H25N3O/c25-20(24-13-10-21(11-14-24)9-12-22-16-21)17-5-4-8-19(15-17)23-18-6-2-1-3-7-18/h1-8,15,22-23H,9-14,16H2. The molecule has 0 atom stereocenters. The number of likely N-dealkylation sites (tertiary alicyclic amines) is 1. The van der Waals surface area contributed by atoms with Crippen LogP contribution >= 0.6 is 0 Å². The monoisotopic (exact) mass is 335 g/mol. The summed E-state index contributed by atoms with van der Waals surface area (Å²) in [4.78, 5) is 14.9. The summed E-state index contributed by atoms with van der Waals surface area (Å²) in [6.45, 7) is 3.99. The van der Waals surface area contributed by atoms with Gasteiger partial charge in [0, 0.05) is 36.6 Å². The molecule has 25 heavy (non-hydrogen) atoms. The van der Waals surface area contributed by atoms with Crippen molar-refractivity contribution >= 4 is 17.3 Å². The number of piperidine rings is 1. The van der Waals surface area contributed by atoms with Crippen LogP contribution < -0.4 is 10.6 Å². The predicted molar refractivity (Wildman–Crippen MR) is 101 cm³/mol. The number of hydrogen-bond acceptors (Lipinski definition) is 3. The zero-order chi connectivity index (χ0) is 17.1. The minimum Gasteiger partial charge on any atom is -0.356 e. The van der Waals surface area contributed by atoms with E-state index in [1.165, 1.54) is 6.42 Å². The van der Waals surface area contributed by atoms with Gasteiger partial charge in [-0.2, -0.15) is 0 Å². The molecule has 130 valence electrons. The smallest absolute Gasteiger partial charge is 0.253 e. The highest BCUT2D eigenvalue weighted by atomic mass is 16.2. The first-order valence-corrected chi connectivity index (χ1v) is 9.16. The number of anilines is 2. The quantitative estimate of drug-likeness (QED) is 0.900. The molecule has 4 nitrogen and oxygen atoms in total. The highest BCUT2D eigenvalue weighted by molar-refractivity contribution is 5.95. The van der Waals surface area contributed by atoms with Gasteiger partial charge in [0.15, 0.2) is 0 Å². The van der Waals surface area contributed by atoms with Crippen LogP contribution in [0.1, 0.15) is 29.6 Å². The van der Waals surface area contributed by atoms with Crippen molar-refractivity contribution in [1.82, 2.24) is 10.2 Å². The molecule has 0 aliphatic carbocycles. The van der Waals surface area contributed by atoms with Crippen molar-refractivity contribution in [2.45, 2.75) is 19.3 Å². The predicted octanol–water partition coefficient (Wildman–Crippen LogP) is 3.65.